The highest BCUT2D eigenvalue weighted by Gasteiger charge is 2.42. The molecule has 4 atom stereocenters. The van der Waals surface area contributed by atoms with Crippen LogP contribution in [-0.4, -0.2) is 36.3 Å². The highest BCUT2D eigenvalue weighted by Crippen LogP contribution is 2.43. The normalized spacial score (nSPS) is 26.1. The molecule has 0 bridgehead atoms. The number of aliphatic hydroxyl groups is 1. The minimum absolute atomic E-state index is 0.0508. The quantitative estimate of drug-likeness (QED) is 0.394. The first-order valence-electron chi connectivity index (χ1n) is 13.0. The molecule has 3 aromatic heterocycles. The summed E-state index contributed by atoms with van der Waals surface area (Å²) in [6.45, 7) is 3.85. The van der Waals surface area contributed by atoms with E-state index in [1.54, 1.807) is 29.0 Å². The fourth-order valence-electron chi connectivity index (χ4n) is 5.76. The number of pyridine rings is 1. The van der Waals surface area contributed by atoms with E-state index in [1.807, 2.05) is 26.1 Å². The van der Waals surface area contributed by atoms with Gasteiger partial charge in [0.15, 0.2) is 0 Å². The monoisotopic (exact) mass is 503 g/mol. The Labute approximate surface area is 214 Å². The maximum absolute atomic E-state index is 15.0. The Hall–Kier alpha value is -3.23. The molecule has 0 saturated heterocycles. The van der Waals surface area contributed by atoms with Gasteiger partial charge >= 0.3 is 0 Å². The zero-order valence-electron chi connectivity index (χ0n) is 21.0. The Morgan fingerprint density at radius 1 is 1.08 bits per heavy atom. The molecular formula is C29H31F2N5O. The zero-order chi connectivity index (χ0) is 25.9. The van der Waals surface area contributed by atoms with Gasteiger partial charge in [-0.15, -0.1) is 0 Å². The smallest absolute Gasteiger partial charge is 0.135 e. The van der Waals surface area contributed by atoms with E-state index >= 15 is 0 Å². The van der Waals surface area contributed by atoms with Gasteiger partial charge in [-0.2, -0.15) is 5.10 Å². The van der Waals surface area contributed by atoms with Crippen molar-refractivity contribution in [3.8, 4) is 11.3 Å². The summed E-state index contributed by atoms with van der Waals surface area (Å²) in [4.78, 5) is 8.92. The molecule has 2 aliphatic carbocycles. The predicted molar refractivity (Wildman–Crippen MR) is 137 cm³/mol. The summed E-state index contributed by atoms with van der Waals surface area (Å²) >= 11 is 0. The minimum Gasteiger partial charge on any atom is -0.388 e. The van der Waals surface area contributed by atoms with Crippen LogP contribution < -0.4 is 5.73 Å². The average molecular weight is 504 g/mol. The number of imidazole rings is 1. The molecule has 0 radical (unpaired) electrons. The molecule has 1 aromatic carbocycles. The van der Waals surface area contributed by atoms with E-state index in [4.69, 9.17) is 5.73 Å². The van der Waals surface area contributed by atoms with Crippen LogP contribution in [0.15, 0.2) is 48.9 Å². The van der Waals surface area contributed by atoms with Crippen LogP contribution >= 0.6 is 0 Å². The van der Waals surface area contributed by atoms with Crippen LogP contribution in [0.5, 0.6) is 0 Å². The van der Waals surface area contributed by atoms with Crippen molar-refractivity contribution in [2.24, 2.45) is 11.7 Å². The number of rotatable bonds is 5. The van der Waals surface area contributed by atoms with Crippen LogP contribution in [-0.2, 0) is 6.42 Å². The van der Waals surface area contributed by atoms with Gasteiger partial charge in [0.05, 0.1) is 28.6 Å². The molecular weight excluding hydrogens is 472 g/mol. The molecule has 6 rings (SSSR count). The Bertz CT molecular complexity index is 1440. The third-order valence-electron chi connectivity index (χ3n) is 8.48. The predicted octanol–water partition coefficient (Wildman–Crippen LogP) is 5.13. The van der Waals surface area contributed by atoms with Gasteiger partial charge < -0.3 is 10.8 Å². The molecule has 8 heteroatoms. The summed E-state index contributed by atoms with van der Waals surface area (Å²) < 4.78 is 31.6. The molecule has 6 nitrogen and oxygen atoms in total. The average Bonchev–Trinajstić information content (AvgIpc) is 3.64. The zero-order valence-corrected chi connectivity index (χ0v) is 21.0. The molecule has 2 aliphatic rings. The lowest BCUT2D eigenvalue weighted by molar-refractivity contribution is -0.0464. The van der Waals surface area contributed by atoms with E-state index in [0.717, 1.165) is 35.9 Å². The summed E-state index contributed by atoms with van der Waals surface area (Å²) in [5, 5.41) is 15.4. The maximum Gasteiger partial charge on any atom is 0.135 e. The fourth-order valence-corrected chi connectivity index (χ4v) is 5.76. The van der Waals surface area contributed by atoms with Gasteiger partial charge in [0.2, 0.25) is 0 Å². The number of nitrogens with two attached hydrogens (primary N) is 1. The molecule has 0 unspecified atom stereocenters. The summed E-state index contributed by atoms with van der Waals surface area (Å²) in [6.07, 6.45) is 9.21. The van der Waals surface area contributed by atoms with Crippen LogP contribution in [0.3, 0.4) is 0 Å². The third-order valence-corrected chi connectivity index (χ3v) is 8.48. The number of aromatic nitrogens is 4. The van der Waals surface area contributed by atoms with E-state index in [0.29, 0.717) is 24.2 Å². The molecule has 192 valence electrons. The lowest BCUT2D eigenvalue weighted by Gasteiger charge is -2.44. The van der Waals surface area contributed by atoms with Crippen LogP contribution in [0, 0.1) is 17.6 Å². The molecule has 0 amide bonds. The molecule has 0 spiro atoms. The summed E-state index contributed by atoms with van der Waals surface area (Å²) in [5.41, 5.74) is 9.16. The third kappa shape index (κ3) is 4.32. The van der Waals surface area contributed by atoms with Crippen molar-refractivity contribution in [1.82, 2.24) is 19.6 Å². The molecule has 2 fully saturated rings. The first-order chi connectivity index (χ1) is 17.7. The number of hydrogen-bond acceptors (Lipinski definition) is 5. The van der Waals surface area contributed by atoms with Crippen molar-refractivity contribution in [2.45, 2.75) is 69.4 Å². The van der Waals surface area contributed by atoms with Crippen molar-refractivity contribution >= 4 is 5.52 Å². The van der Waals surface area contributed by atoms with Crippen molar-refractivity contribution in [3.63, 3.8) is 0 Å². The first kappa shape index (κ1) is 24.1. The molecule has 3 heterocycles. The van der Waals surface area contributed by atoms with Gasteiger partial charge in [-0.1, -0.05) is 6.92 Å². The molecule has 2 saturated carbocycles. The van der Waals surface area contributed by atoms with E-state index in [9.17, 15) is 13.9 Å². The minimum atomic E-state index is -0.898. The highest BCUT2D eigenvalue weighted by molar-refractivity contribution is 5.63. The van der Waals surface area contributed by atoms with E-state index in [2.05, 4.69) is 15.1 Å². The maximum atomic E-state index is 15.0. The molecule has 37 heavy (non-hydrogen) atoms. The number of fused-ring (bicyclic) bond motifs is 1. The van der Waals surface area contributed by atoms with E-state index in [-0.39, 0.29) is 35.1 Å². The van der Waals surface area contributed by atoms with Gasteiger partial charge in [0.25, 0.3) is 0 Å². The van der Waals surface area contributed by atoms with Gasteiger partial charge in [-0.05, 0) is 97.4 Å². The Morgan fingerprint density at radius 2 is 1.84 bits per heavy atom. The second-order valence-corrected chi connectivity index (χ2v) is 11.0. The second kappa shape index (κ2) is 8.96. The summed E-state index contributed by atoms with van der Waals surface area (Å²) in [7, 11) is 0. The highest BCUT2D eigenvalue weighted by atomic mass is 19.1. The van der Waals surface area contributed by atoms with Crippen molar-refractivity contribution in [2.75, 3.05) is 0 Å². The summed E-state index contributed by atoms with van der Waals surface area (Å²) in [6, 6.07) is 7.97. The Kier molecular flexibility index (Phi) is 5.84. The van der Waals surface area contributed by atoms with Gasteiger partial charge in [-0.25, -0.2) is 18.3 Å². The second-order valence-electron chi connectivity index (χ2n) is 11.0. The summed E-state index contributed by atoms with van der Waals surface area (Å²) in [5.74, 6) is -0.0369. The standard InChI is InChI=1S/C29H31F2N5O/c1-16-9-19(12-26(32)29(16,2)37)22-7-8-33-14-20(22)13-27-34-15-21-5-6-25(35-36(21)27)28-23(30)10-18(11-24(28)31)17-3-4-17/h5-8,10-11,14-17,19,26,37H,3-4,9,12-13,32H2,1-2H3/t16-,19+,26+,29+/m0/s1. The number of halogens is 2. The van der Waals surface area contributed by atoms with E-state index in [1.165, 1.54) is 12.1 Å². The Morgan fingerprint density at radius 3 is 2.54 bits per heavy atom. The number of hydrogen-bond donors (Lipinski definition) is 2. The van der Waals surface area contributed by atoms with Gasteiger partial charge in [-0.3, -0.25) is 4.98 Å². The van der Waals surface area contributed by atoms with Crippen LogP contribution in [0.2, 0.25) is 0 Å². The SMILES string of the molecule is C[C@H]1C[C@@H](c2ccncc2Cc2ncc3ccc(-c4c(F)cc(C5CC5)cc4F)nn23)C[C@@H](N)[C@]1(C)O. The topological polar surface area (TPSA) is 89.3 Å². The van der Waals surface area contributed by atoms with Gasteiger partial charge in [0, 0.05) is 24.9 Å². The molecule has 0 aliphatic heterocycles. The number of benzene rings is 1. The fraction of sp³-hybridized carbons (Fsp3) is 0.414. The van der Waals surface area contributed by atoms with Crippen molar-refractivity contribution in [1.29, 1.82) is 0 Å². The first-order valence-corrected chi connectivity index (χ1v) is 13.0. The molecule has 3 N–H and O–H groups in total. The lowest BCUT2D eigenvalue weighted by atomic mass is 9.67. The Balaban J connectivity index is 1.34. The largest absolute Gasteiger partial charge is 0.388 e. The van der Waals surface area contributed by atoms with Crippen LogP contribution in [0.25, 0.3) is 16.8 Å². The van der Waals surface area contributed by atoms with Crippen molar-refractivity contribution in [3.05, 3.63) is 83.1 Å². The van der Waals surface area contributed by atoms with Crippen LogP contribution in [0.4, 0.5) is 8.78 Å². The van der Waals surface area contributed by atoms with Crippen LogP contribution in [0.1, 0.15) is 73.9 Å². The molecule has 4 aromatic rings. The lowest BCUT2D eigenvalue weighted by Crippen LogP contribution is -2.54. The van der Waals surface area contributed by atoms with Crippen molar-refractivity contribution < 1.29 is 13.9 Å². The van der Waals surface area contributed by atoms with E-state index < -0.39 is 17.2 Å². The number of nitrogens with zero attached hydrogens (tertiary/aromatic N) is 4. The van der Waals surface area contributed by atoms with Gasteiger partial charge in [0.1, 0.15) is 17.5 Å².